The number of anilines is 3. The summed E-state index contributed by atoms with van der Waals surface area (Å²) in [6.07, 6.45) is 3.69. The molecule has 1 aliphatic rings. The SMILES string of the molecule is c1cc(-c2cnc(Nc3ccc(N4CCOCC4)cc3)nc2)cs1. The van der Waals surface area contributed by atoms with Gasteiger partial charge in [-0.15, -0.1) is 0 Å². The van der Waals surface area contributed by atoms with Gasteiger partial charge < -0.3 is 15.0 Å². The topological polar surface area (TPSA) is 50.3 Å². The average Bonchev–Trinajstić information content (AvgIpc) is 3.18. The van der Waals surface area contributed by atoms with Crippen LogP contribution in [0.1, 0.15) is 0 Å². The summed E-state index contributed by atoms with van der Waals surface area (Å²) < 4.78 is 5.39. The molecule has 0 atom stereocenters. The quantitative estimate of drug-likeness (QED) is 0.784. The zero-order valence-corrected chi connectivity index (χ0v) is 14.0. The fourth-order valence-corrected chi connectivity index (χ4v) is 3.34. The zero-order chi connectivity index (χ0) is 16.2. The Kier molecular flexibility index (Phi) is 4.40. The molecule has 1 aliphatic heterocycles. The van der Waals surface area contributed by atoms with Crippen molar-refractivity contribution in [1.29, 1.82) is 0 Å². The van der Waals surface area contributed by atoms with Crippen molar-refractivity contribution in [1.82, 2.24) is 9.97 Å². The second-order valence-corrected chi connectivity index (χ2v) is 6.36. The van der Waals surface area contributed by atoms with Crippen molar-refractivity contribution in [3.05, 3.63) is 53.5 Å². The predicted molar refractivity (Wildman–Crippen MR) is 98.1 cm³/mol. The van der Waals surface area contributed by atoms with E-state index >= 15 is 0 Å². The molecule has 1 saturated heterocycles. The Morgan fingerprint density at radius 2 is 1.71 bits per heavy atom. The Morgan fingerprint density at radius 1 is 0.958 bits per heavy atom. The average molecular weight is 338 g/mol. The van der Waals surface area contributed by atoms with Crippen LogP contribution in [0.25, 0.3) is 11.1 Å². The third-order valence-electron chi connectivity index (χ3n) is 4.01. The third-order valence-corrected chi connectivity index (χ3v) is 4.69. The Morgan fingerprint density at radius 3 is 2.38 bits per heavy atom. The maximum Gasteiger partial charge on any atom is 0.227 e. The minimum Gasteiger partial charge on any atom is -0.378 e. The van der Waals surface area contributed by atoms with E-state index in [1.165, 1.54) is 5.69 Å². The Bertz CT molecular complexity index is 766. The van der Waals surface area contributed by atoms with E-state index in [2.05, 4.69) is 61.3 Å². The van der Waals surface area contributed by atoms with Crippen LogP contribution < -0.4 is 10.2 Å². The molecule has 1 fully saturated rings. The van der Waals surface area contributed by atoms with Gasteiger partial charge in [0.15, 0.2) is 0 Å². The highest BCUT2D eigenvalue weighted by molar-refractivity contribution is 7.08. The van der Waals surface area contributed by atoms with Gasteiger partial charge in [0.2, 0.25) is 5.95 Å². The standard InChI is InChI=1S/C18H18N4OS/c1-3-17(22-6-8-23-9-7-22)4-2-16(1)21-18-19-11-15(12-20-18)14-5-10-24-13-14/h1-5,10-13H,6-9H2,(H,19,20,21). The summed E-state index contributed by atoms with van der Waals surface area (Å²) in [6.45, 7) is 3.48. The number of aromatic nitrogens is 2. The van der Waals surface area contributed by atoms with Crippen molar-refractivity contribution in [3.63, 3.8) is 0 Å². The molecule has 0 saturated carbocycles. The molecule has 0 radical (unpaired) electrons. The molecule has 0 amide bonds. The van der Waals surface area contributed by atoms with Crippen LogP contribution in [0.15, 0.2) is 53.5 Å². The summed E-state index contributed by atoms with van der Waals surface area (Å²) >= 11 is 1.67. The monoisotopic (exact) mass is 338 g/mol. The van der Waals surface area contributed by atoms with E-state index in [1.807, 2.05) is 12.4 Å². The molecular weight excluding hydrogens is 320 g/mol. The van der Waals surface area contributed by atoms with Crippen LogP contribution in [0.2, 0.25) is 0 Å². The van der Waals surface area contributed by atoms with E-state index in [4.69, 9.17) is 4.74 Å². The first kappa shape index (κ1) is 15.1. The van der Waals surface area contributed by atoms with Gasteiger partial charge in [-0.3, -0.25) is 0 Å². The molecule has 6 heteroatoms. The number of ether oxygens (including phenoxy) is 1. The van der Waals surface area contributed by atoms with E-state index in [-0.39, 0.29) is 0 Å². The van der Waals surface area contributed by atoms with E-state index in [9.17, 15) is 0 Å². The summed E-state index contributed by atoms with van der Waals surface area (Å²) in [6, 6.07) is 10.4. The second-order valence-electron chi connectivity index (χ2n) is 5.58. The largest absolute Gasteiger partial charge is 0.378 e. The van der Waals surface area contributed by atoms with Crippen LogP contribution in [0.3, 0.4) is 0 Å². The van der Waals surface area contributed by atoms with Crippen LogP contribution in [-0.4, -0.2) is 36.3 Å². The van der Waals surface area contributed by atoms with E-state index in [0.717, 1.165) is 43.1 Å². The zero-order valence-electron chi connectivity index (χ0n) is 13.2. The van der Waals surface area contributed by atoms with Gasteiger partial charge in [0.05, 0.1) is 13.2 Å². The Balaban J connectivity index is 1.43. The normalized spacial score (nSPS) is 14.6. The van der Waals surface area contributed by atoms with Crippen molar-refractivity contribution in [2.75, 3.05) is 36.5 Å². The van der Waals surface area contributed by atoms with Crippen LogP contribution in [0.4, 0.5) is 17.3 Å². The van der Waals surface area contributed by atoms with E-state index in [1.54, 1.807) is 11.3 Å². The first-order valence-electron chi connectivity index (χ1n) is 7.93. The molecule has 4 rings (SSSR count). The molecule has 0 aliphatic carbocycles. The fraction of sp³-hybridized carbons (Fsp3) is 0.222. The smallest absolute Gasteiger partial charge is 0.227 e. The van der Waals surface area contributed by atoms with Crippen molar-refractivity contribution in [2.24, 2.45) is 0 Å². The maximum atomic E-state index is 5.39. The molecule has 1 N–H and O–H groups in total. The van der Waals surface area contributed by atoms with Crippen molar-refractivity contribution in [3.8, 4) is 11.1 Å². The molecule has 0 bridgehead atoms. The first-order chi connectivity index (χ1) is 11.9. The number of rotatable bonds is 4. The van der Waals surface area contributed by atoms with Crippen molar-refractivity contribution < 1.29 is 4.74 Å². The number of morpholine rings is 1. The van der Waals surface area contributed by atoms with Gasteiger partial charge in [-0.1, -0.05) is 0 Å². The lowest BCUT2D eigenvalue weighted by molar-refractivity contribution is 0.122. The van der Waals surface area contributed by atoms with Gasteiger partial charge >= 0.3 is 0 Å². The highest BCUT2D eigenvalue weighted by Crippen LogP contribution is 2.23. The van der Waals surface area contributed by atoms with Crippen molar-refractivity contribution in [2.45, 2.75) is 0 Å². The number of nitrogens with one attached hydrogen (secondary N) is 1. The van der Waals surface area contributed by atoms with Crippen LogP contribution in [-0.2, 0) is 4.74 Å². The molecule has 0 unspecified atom stereocenters. The predicted octanol–water partition coefficient (Wildman–Crippen LogP) is 3.79. The van der Waals surface area contributed by atoms with E-state index < -0.39 is 0 Å². The highest BCUT2D eigenvalue weighted by atomic mass is 32.1. The van der Waals surface area contributed by atoms with Crippen LogP contribution in [0.5, 0.6) is 0 Å². The molecule has 0 spiro atoms. The molecule has 1 aromatic carbocycles. The van der Waals surface area contributed by atoms with Gasteiger partial charge in [0, 0.05) is 42.4 Å². The Hall–Kier alpha value is -2.44. The first-order valence-corrected chi connectivity index (χ1v) is 8.87. The van der Waals surface area contributed by atoms with Crippen LogP contribution in [0, 0.1) is 0 Å². The van der Waals surface area contributed by atoms with Crippen molar-refractivity contribution >= 4 is 28.7 Å². The Labute approximate surface area is 145 Å². The maximum absolute atomic E-state index is 5.39. The molecule has 122 valence electrons. The lowest BCUT2D eigenvalue weighted by atomic mass is 10.2. The number of nitrogens with zero attached hydrogens (tertiary/aromatic N) is 3. The van der Waals surface area contributed by atoms with Gasteiger partial charge in [-0.2, -0.15) is 11.3 Å². The summed E-state index contributed by atoms with van der Waals surface area (Å²) in [4.78, 5) is 11.1. The second kappa shape index (κ2) is 6.98. The number of benzene rings is 1. The van der Waals surface area contributed by atoms with Gasteiger partial charge in [0.25, 0.3) is 0 Å². The molecule has 24 heavy (non-hydrogen) atoms. The lowest BCUT2D eigenvalue weighted by Crippen LogP contribution is -2.36. The van der Waals surface area contributed by atoms with Gasteiger partial charge in [-0.05, 0) is 46.7 Å². The minimum absolute atomic E-state index is 0.605. The van der Waals surface area contributed by atoms with E-state index in [0.29, 0.717) is 5.95 Å². The summed E-state index contributed by atoms with van der Waals surface area (Å²) in [5.74, 6) is 0.605. The summed E-state index contributed by atoms with van der Waals surface area (Å²) in [5.41, 5.74) is 4.39. The third kappa shape index (κ3) is 3.39. The molecular formula is C18H18N4OS. The van der Waals surface area contributed by atoms with Gasteiger partial charge in [0.1, 0.15) is 0 Å². The lowest BCUT2D eigenvalue weighted by Gasteiger charge is -2.28. The molecule has 3 aromatic rings. The molecule has 3 heterocycles. The number of hydrogen-bond donors (Lipinski definition) is 1. The number of hydrogen-bond acceptors (Lipinski definition) is 6. The number of thiophene rings is 1. The van der Waals surface area contributed by atoms with Crippen LogP contribution >= 0.6 is 11.3 Å². The molecule has 5 nitrogen and oxygen atoms in total. The fourth-order valence-electron chi connectivity index (χ4n) is 2.68. The summed E-state index contributed by atoms with van der Waals surface area (Å²) in [7, 11) is 0. The minimum atomic E-state index is 0.605. The van der Waals surface area contributed by atoms with Gasteiger partial charge in [-0.25, -0.2) is 9.97 Å². The highest BCUT2D eigenvalue weighted by Gasteiger charge is 2.10. The molecule has 2 aromatic heterocycles. The summed E-state index contributed by atoms with van der Waals surface area (Å²) in [5, 5.41) is 7.39.